The number of rotatable bonds is 64. The zero-order chi connectivity index (χ0) is 65.2. The predicted octanol–water partition coefficient (Wildman–Crippen LogP) is 16.5. The highest BCUT2D eigenvalue weighted by atomic mass is 16.7. The quantitative estimate of drug-likeness (QED) is 0.0204. The Morgan fingerprint density at radius 2 is 0.733 bits per heavy atom. The third-order valence-corrected chi connectivity index (χ3v) is 18.9. The molecule has 90 heavy (non-hydrogen) atoms. The van der Waals surface area contributed by atoms with Crippen molar-refractivity contribution in [2.24, 2.45) is 0 Å². The van der Waals surface area contributed by atoms with Gasteiger partial charge in [0.2, 0.25) is 5.91 Å². The van der Waals surface area contributed by atoms with Crippen molar-refractivity contribution in [3.63, 3.8) is 0 Å². The molecule has 1 amide bonds. The van der Waals surface area contributed by atoms with Crippen LogP contribution in [0.15, 0.2) is 36.5 Å². The minimum absolute atomic E-state index is 0.200. The Balaban J connectivity index is 1.53. The molecule has 9 N–H and O–H groups in total. The molecule has 12 atom stereocenters. The van der Waals surface area contributed by atoms with Crippen LogP contribution in [-0.2, 0) is 23.7 Å². The van der Waals surface area contributed by atoms with Crippen LogP contribution in [0.1, 0.15) is 348 Å². The summed E-state index contributed by atoms with van der Waals surface area (Å²) >= 11 is 0. The lowest BCUT2D eigenvalue weighted by Gasteiger charge is -2.46. The normalized spacial score (nSPS) is 23.0. The highest BCUT2D eigenvalue weighted by Gasteiger charge is 2.51. The van der Waals surface area contributed by atoms with Crippen LogP contribution in [0.5, 0.6) is 0 Å². The van der Waals surface area contributed by atoms with Gasteiger partial charge in [-0.25, -0.2) is 0 Å². The van der Waals surface area contributed by atoms with E-state index in [1.807, 2.05) is 0 Å². The van der Waals surface area contributed by atoms with E-state index in [-0.39, 0.29) is 12.5 Å². The maximum absolute atomic E-state index is 13.3. The van der Waals surface area contributed by atoms with Gasteiger partial charge in [0.15, 0.2) is 12.6 Å². The van der Waals surface area contributed by atoms with Crippen molar-refractivity contribution in [1.82, 2.24) is 5.32 Å². The monoisotopic (exact) mass is 1280 g/mol. The fourth-order valence-corrected chi connectivity index (χ4v) is 12.8. The zero-order valence-corrected chi connectivity index (χ0v) is 57.9. The number of amides is 1. The summed E-state index contributed by atoms with van der Waals surface area (Å²) in [6.45, 7) is 2.89. The molecule has 530 valence electrons. The van der Waals surface area contributed by atoms with E-state index >= 15 is 0 Å². The molecule has 0 spiro atoms. The lowest BCUT2D eigenvalue weighted by molar-refractivity contribution is -0.359. The van der Waals surface area contributed by atoms with Crippen LogP contribution < -0.4 is 5.32 Å². The minimum atomic E-state index is -1.78. The van der Waals surface area contributed by atoms with Crippen LogP contribution in [0.2, 0.25) is 0 Å². The van der Waals surface area contributed by atoms with Gasteiger partial charge in [-0.05, 0) is 51.4 Å². The third-order valence-electron chi connectivity index (χ3n) is 18.9. The number of unbranched alkanes of at least 4 members (excludes halogenated alkanes) is 45. The van der Waals surface area contributed by atoms with E-state index in [0.29, 0.717) is 12.8 Å². The number of hydrogen-bond acceptors (Lipinski definition) is 13. The van der Waals surface area contributed by atoms with Gasteiger partial charge >= 0.3 is 0 Å². The molecule has 0 aromatic carbocycles. The number of hydrogen-bond donors (Lipinski definition) is 9. The molecule has 2 aliphatic rings. The van der Waals surface area contributed by atoms with Gasteiger partial charge in [-0.2, -0.15) is 0 Å². The van der Waals surface area contributed by atoms with Crippen molar-refractivity contribution in [2.45, 2.75) is 421 Å². The van der Waals surface area contributed by atoms with Crippen molar-refractivity contribution in [2.75, 3.05) is 19.8 Å². The summed E-state index contributed by atoms with van der Waals surface area (Å²) in [7, 11) is 0. The standard InChI is InChI=1S/C76H143NO13/c1-3-5-7-9-11-13-15-17-19-20-21-22-23-24-25-26-27-28-29-30-31-32-33-34-35-36-37-38-39-40-41-42-43-44-46-48-50-52-54-56-58-60-68(81)77-64(65(80)59-57-55-53-51-49-47-45-18-16-14-12-10-8-6-4-2)63-87-75-73(86)71(84)74(67(62-79)89-75)90-76-72(85)70(83)69(82)66(61-78)88-76/h15,17,20-21,23-24,64-67,69-76,78-80,82-86H,3-14,16,18-19,22,25-63H2,1-2H3,(H,77,81)/b17-15-,21-20-,24-23-. The highest BCUT2D eigenvalue weighted by molar-refractivity contribution is 5.76. The third kappa shape index (κ3) is 44.0. The second-order valence-corrected chi connectivity index (χ2v) is 27.1. The Bertz CT molecular complexity index is 1650. The van der Waals surface area contributed by atoms with Gasteiger partial charge in [-0.3, -0.25) is 4.79 Å². The molecule has 0 aliphatic carbocycles. The van der Waals surface area contributed by atoms with Crippen molar-refractivity contribution in [3.05, 3.63) is 36.5 Å². The zero-order valence-electron chi connectivity index (χ0n) is 57.9. The maximum atomic E-state index is 13.3. The average Bonchev–Trinajstić information content (AvgIpc) is 1.58. The molecular weight excluding hydrogens is 1130 g/mol. The Morgan fingerprint density at radius 3 is 1.12 bits per heavy atom. The van der Waals surface area contributed by atoms with Gasteiger partial charge in [-0.1, -0.05) is 326 Å². The smallest absolute Gasteiger partial charge is 0.220 e. The molecule has 14 heteroatoms. The Hall–Kier alpha value is -1.79. The van der Waals surface area contributed by atoms with Crippen molar-refractivity contribution >= 4 is 5.91 Å². The summed E-state index contributed by atoms with van der Waals surface area (Å²) < 4.78 is 22.9. The number of carbonyl (C=O) groups is 1. The van der Waals surface area contributed by atoms with E-state index in [1.54, 1.807) is 0 Å². The Labute approximate surface area is 551 Å². The number of nitrogens with one attached hydrogen (secondary N) is 1. The van der Waals surface area contributed by atoms with Crippen LogP contribution in [0.4, 0.5) is 0 Å². The first-order chi connectivity index (χ1) is 44.1. The molecule has 2 aliphatic heterocycles. The first kappa shape index (κ1) is 84.3. The number of carbonyl (C=O) groups excluding carboxylic acids is 1. The molecule has 2 saturated heterocycles. The second-order valence-electron chi connectivity index (χ2n) is 27.1. The number of allylic oxidation sites excluding steroid dienone is 6. The molecule has 2 heterocycles. The lowest BCUT2D eigenvalue weighted by Crippen LogP contribution is -2.65. The van der Waals surface area contributed by atoms with Gasteiger partial charge in [0.05, 0.1) is 32.0 Å². The van der Waals surface area contributed by atoms with E-state index in [4.69, 9.17) is 18.9 Å². The molecule has 0 bridgehead atoms. The van der Waals surface area contributed by atoms with Gasteiger partial charge in [0.1, 0.15) is 48.8 Å². The van der Waals surface area contributed by atoms with E-state index in [2.05, 4.69) is 55.6 Å². The van der Waals surface area contributed by atoms with E-state index in [9.17, 15) is 45.6 Å². The summed E-state index contributed by atoms with van der Waals surface area (Å²) in [6, 6.07) is -0.826. The van der Waals surface area contributed by atoms with Gasteiger partial charge in [-0.15, -0.1) is 0 Å². The fraction of sp³-hybridized carbons (Fsp3) is 0.908. The summed E-state index contributed by atoms with van der Waals surface area (Å²) in [5.41, 5.74) is 0. The summed E-state index contributed by atoms with van der Waals surface area (Å²) in [5.74, 6) is -0.200. The minimum Gasteiger partial charge on any atom is -0.394 e. The first-order valence-electron chi connectivity index (χ1n) is 38.2. The average molecular weight is 1280 g/mol. The van der Waals surface area contributed by atoms with Crippen LogP contribution in [0, 0.1) is 0 Å². The van der Waals surface area contributed by atoms with E-state index in [0.717, 1.165) is 64.2 Å². The van der Waals surface area contributed by atoms with Crippen LogP contribution in [0.25, 0.3) is 0 Å². The SMILES string of the molecule is CCCCCCC/C=C\C/C=C\C/C=C\CCCCCCCCCCCCCCCCCCCCCCCCCCCCC(=O)NC(COC1OC(CO)C(OC2OC(CO)C(O)C(O)C2O)C(O)C1O)C(O)CCCCCCCCCCCCCCCCC. The summed E-state index contributed by atoms with van der Waals surface area (Å²) in [5, 5.41) is 87.6. The van der Waals surface area contributed by atoms with Crippen LogP contribution in [-0.4, -0.2) is 140 Å². The van der Waals surface area contributed by atoms with Crippen molar-refractivity contribution in [3.8, 4) is 0 Å². The van der Waals surface area contributed by atoms with E-state index < -0.39 is 86.8 Å². The highest BCUT2D eigenvalue weighted by Crippen LogP contribution is 2.30. The molecule has 2 rings (SSSR count). The molecular formula is C76H143NO13. The summed E-state index contributed by atoms with van der Waals surface area (Å²) in [6.07, 6.45) is 62.0. The molecule has 0 aromatic rings. The molecule has 2 fully saturated rings. The van der Waals surface area contributed by atoms with Crippen LogP contribution in [0.3, 0.4) is 0 Å². The molecule has 0 saturated carbocycles. The lowest BCUT2D eigenvalue weighted by atomic mass is 9.97. The first-order valence-corrected chi connectivity index (χ1v) is 38.2. The Kier molecular flexibility index (Phi) is 57.0. The largest absolute Gasteiger partial charge is 0.394 e. The van der Waals surface area contributed by atoms with Gasteiger partial charge in [0, 0.05) is 6.42 Å². The van der Waals surface area contributed by atoms with Crippen molar-refractivity contribution < 1.29 is 64.6 Å². The Morgan fingerprint density at radius 1 is 0.400 bits per heavy atom. The van der Waals surface area contributed by atoms with Gasteiger partial charge < -0.3 is 65.1 Å². The van der Waals surface area contributed by atoms with Gasteiger partial charge in [0.25, 0.3) is 0 Å². The van der Waals surface area contributed by atoms with Crippen LogP contribution >= 0.6 is 0 Å². The fourth-order valence-electron chi connectivity index (χ4n) is 12.8. The predicted molar refractivity (Wildman–Crippen MR) is 369 cm³/mol. The number of aliphatic hydroxyl groups excluding tert-OH is 8. The number of ether oxygens (including phenoxy) is 4. The topological polar surface area (TPSA) is 228 Å². The molecule has 14 nitrogen and oxygen atoms in total. The second kappa shape index (κ2) is 60.8. The van der Waals surface area contributed by atoms with Crippen molar-refractivity contribution in [1.29, 1.82) is 0 Å². The summed E-state index contributed by atoms with van der Waals surface area (Å²) in [4.78, 5) is 13.3. The number of aliphatic hydroxyl groups is 8. The molecule has 12 unspecified atom stereocenters. The molecule has 0 aromatic heterocycles. The maximum Gasteiger partial charge on any atom is 0.220 e. The van der Waals surface area contributed by atoms with E-state index in [1.165, 1.54) is 257 Å². The molecule has 0 radical (unpaired) electrons.